The molecule has 2 atom stereocenters. The van der Waals surface area contributed by atoms with Crippen LogP contribution in [0.1, 0.15) is 19.3 Å². The monoisotopic (exact) mass is 234 g/mol. The number of allylic oxidation sites excluding steroid dienone is 2. The van der Waals surface area contributed by atoms with Crippen LogP contribution in [0.25, 0.3) is 0 Å². The van der Waals surface area contributed by atoms with Gasteiger partial charge in [0.15, 0.2) is 0 Å². The minimum Gasteiger partial charge on any atom is -0.0815 e. The highest BCUT2D eigenvalue weighted by atomic mass is 127. The number of rotatable bonds is 1. The summed E-state index contributed by atoms with van der Waals surface area (Å²) in [5.74, 6) is 1.99. The molecule has 2 bridgehead atoms. The highest BCUT2D eigenvalue weighted by Gasteiger charge is 2.31. The molecule has 2 aliphatic carbocycles. The molecule has 2 unspecified atom stereocenters. The minimum atomic E-state index is 0.986. The van der Waals surface area contributed by atoms with Gasteiger partial charge in [0, 0.05) is 4.43 Å². The predicted molar refractivity (Wildman–Crippen MR) is 47.8 cm³/mol. The second kappa shape index (κ2) is 2.26. The van der Waals surface area contributed by atoms with Gasteiger partial charge < -0.3 is 0 Å². The summed E-state index contributed by atoms with van der Waals surface area (Å²) >= 11 is 2.48. The van der Waals surface area contributed by atoms with Gasteiger partial charge in [-0.15, -0.1) is 0 Å². The van der Waals surface area contributed by atoms with Gasteiger partial charge in [0.25, 0.3) is 0 Å². The van der Waals surface area contributed by atoms with Crippen LogP contribution >= 0.6 is 22.6 Å². The van der Waals surface area contributed by atoms with E-state index in [0.29, 0.717) is 0 Å². The predicted octanol–water partition coefficient (Wildman–Crippen LogP) is 2.78. The molecule has 0 heterocycles. The Labute approximate surface area is 69.9 Å². The first-order chi connectivity index (χ1) is 4.40. The van der Waals surface area contributed by atoms with Crippen LogP contribution in [-0.4, -0.2) is 4.43 Å². The molecule has 1 fully saturated rings. The molecule has 0 amide bonds. The van der Waals surface area contributed by atoms with Crippen molar-refractivity contribution in [2.45, 2.75) is 19.3 Å². The maximum atomic E-state index is 2.51. The number of halogens is 1. The third-order valence-corrected chi connectivity index (χ3v) is 3.48. The molecular formula is C8H11I. The van der Waals surface area contributed by atoms with Crippen molar-refractivity contribution in [3.63, 3.8) is 0 Å². The van der Waals surface area contributed by atoms with E-state index in [1.807, 2.05) is 0 Å². The normalized spacial score (nSPS) is 39.4. The van der Waals surface area contributed by atoms with Gasteiger partial charge in [-0.2, -0.15) is 0 Å². The summed E-state index contributed by atoms with van der Waals surface area (Å²) in [5, 5.41) is 0. The standard InChI is InChI=1S/C8H11I/c9-5-8-4-6-1-2-7(8)3-6/h4,6-7H,1-3,5H2. The fourth-order valence-electron chi connectivity index (χ4n) is 2.10. The molecule has 0 spiro atoms. The van der Waals surface area contributed by atoms with Crippen LogP contribution in [0.3, 0.4) is 0 Å². The van der Waals surface area contributed by atoms with Crippen molar-refractivity contribution in [3.8, 4) is 0 Å². The summed E-state index contributed by atoms with van der Waals surface area (Å²) in [6, 6.07) is 0. The first kappa shape index (κ1) is 6.20. The van der Waals surface area contributed by atoms with E-state index in [4.69, 9.17) is 0 Å². The number of alkyl halides is 1. The number of hydrogen-bond acceptors (Lipinski definition) is 0. The summed E-state index contributed by atoms with van der Waals surface area (Å²) in [6.45, 7) is 0. The van der Waals surface area contributed by atoms with Gasteiger partial charge >= 0.3 is 0 Å². The van der Waals surface area contributed by atoms with E-state index in [1.165, 1.54) is 23.7 Å². The summed E-state index contributed by atoms with van der Waals surface area (Å²) in [6.07, 6.45) is 6.96. The minimum absolute atomic E-state index is 0.986. The van der Waals surface area contributed by atoms with Crippen LogP contribution in [0.15, 0.2) is 11.6 Å². The van der Waals surface area contributed by atoms with E-state index in [2.05, 4.69) is 28.7 Å². The zero-order chi connectivity index (χ0) is 6.27. The van der Waals surface area contributed by atoms with Crippen LogP contribution in [0, 0.1) is 11.8 Å². The van der Waals surface area contributed by atoms with Crippen LogP contribution in [0.4, 0.5) is 0 Å². The topological polar surface area (TPSA) is 0 Å². The highest BCUT2D eigenvalue weighted by molar-refractivity contribution is 14.1. The van der Waals surface area contributed by atoms with E-state index < -0.39 is 0 Å². The smallest absolute Gasteiger partial charge is 0.0208 e. The van der Waals surface area contributed by atoms with Gasteiger partial charge in [0.1, 0.15) is 0 Å². The lowest BCUT2D eigenvalue weighted by atomic mass is 10.0. The molecule has 2 aliphatic rings. The third-order valence-electron chi connectivity index (χ3n) is 2.60. The van der Waals surface area contributed by atoms with Crippen molar-refractivity contribution in [2.75, 3.05) is 4.43 Å². The van der Waals surface area contributed by atoms with Gasteiger partial charge in [-0.1, -0.05) is 34.2 Å². The van der Waals surface area contributed by atoms with Crippen molar-refractivity contribution >= 4 is 22.6 Å². The maximum absolute atomic E-state index is 2.51. The van der Waals surface area contributed by atoms with E-state index in [0.717, 1.165) is 11.8 Å². The molecule has 9 heavy (non-hydrogen) atoms. The summed E-state index contributed by atoms with van der Waals surface area (Å²) < 4.78 is 1.28. The molecule has 0 nitrogen and oxygen atoms in total. The van der Waals surface area contributed by atoms with Gasteiger partial charge in [-0.25, -0.2) is 0 Å². The summed E-state index contributed by atoms with van der Waals surface area (Å²) in [4.78, 5) is 0. The Morgan fingerprint density at radius 3 is 2.78 bits per heavy atom. The van der Waals surface area contributed by atoms with Crippen LogP contribution in [0.2, 0.25) is 0 Å². The van der Waals surface area contributed by atoms with Crippen LogP contribution in [0.5, 0.6) is 0 Å². The van der Waals surface area contributed by atoms with Gasteiger partial charge in [-0.05, 0) is 31.1 Å². The molecule has 0 saturated heterocycles. The van der Waals surface area contributed by atoms with Crippen molar-refractivity contribution in [1.82, 2.24) is 0 Å². The Morgan fingerprint density at radius 2 is 2.44 bits per heavy atom. The highest BCUT2D eigenvalue weighted by Crippen LogP contribution is 2.43. The molecule has 0 N–H and O–H groups in total. The lowest BCUT2D eigenvalue weighted by Gasteiger charge is -2.08. The van der Waals surface area contributed by atoms with Crippen molar-refractivity contribution in [3.05, 3.63) is 11.6 Å². The summed E-state index contributed by atoms with van der Waals surface area (Å²) in [7, 11) is 0. The largest absolute Gasteiger partial charge is 0.0815 e. The molecule has 0 aromatic rings. The lowest BCUT2D eigenvalue weighted by Crippen LogP contribution is -1.96. The second-order valence-electron chi connectivity index (χ2n) is 3.15. The van der Waals surface area contributed by atoms with Gasteiger partial charge in [0.2, 0.25) is 0 Å². The fourth-order valence-corrected chi connectivity index (χ4v) is 2.97. The molecule has 0 radical (unpaired) electrons. The average Bonchev–Trinajstić information content (AvgIpc) is 2.45. The Morgan fingerprint density at radius 1 is 1.56 bits per heavy atom. The molecule has 0 aromatic heterocycles. The quantitative estimate of drug-likeness (QED) is 0.371. The Balaban J connectivity index is 2.18. The van der Waals surface area contributed by atoms with Crippen molar-refractivity contribution in [2.24, 2.45) is 11.8 Å². The molecule has 0 aromatic carbocycles. The summed E-state index contributed by atoms with van der Waals surface area (Å²) in [5.41, 5.74) is 1.74. The van der Waals surface area contributed by atoms with Crippen LogP contribution < -0.4 is 0 Å². The van der Waals surface area contributed by atoms with E-state index in [-0.39, 0.29) is 0 Å². The average molecular weight is 234 g/mol. The molecule has 2 rings (SSSR count). The Hall–Kier alpha value is 0.470. The Bertz CT molecular complexity index is 149. The lowest BCUT2D eigenvalue weighted by molar-refractivity contribution is 0.662. The molecule has 0 aliphatic heterocycles. The second-order valence-corrected chi connectivity index (χ2v) is 3.91. The number of hydrogen-bond donors (Lipinski definition) is 0. The van der Waals surface area contributed by atoms with Crippen molar-refractivity contribution in [1.29, 1.82) is 0 Å². The fraction of sp³-hybridized carbons (Fsp3) is 0.750. The molecule has 50 valence electrons. The Kier molecular flexibility index (Phi) is 1.55. The van der Waals surface area contributed by atoms with Crippen molar-refractivity contribution < 1.29 is 0 Å². The molecular weight excluding hydrogens is 223 g/mol. The number of fused-ring (bicyclic) bond motifs is 2. The van der Waals surface area contributed by atoms with E-state index in [9.17, 15) is 0 Å². The van der Waals surface area contributed by atoms with Gasteiger partial charge in [0.05, 0.1) is 0 Å². The molecule has 1 heteroatoms. The van der Waals surface area contributed by atoms with Crippen LogP contribution in [-0.2, 0) is 0 Å². The zero-order valence-corrected chi connectivity index (χ0v) is 7.60. The van der Waals surface area contributed by atoms with E-state index >= 15 is 0 Å². The maximum Gasteiger partial charge on any atom is 0.0208 e. The van der Waals surface area contributed by atoms with E-state index in [1.54, 1.807) is 5.57 Å². The first-order valence-electron chi connectivity index (χ1n) is 3.66. The SMILES string of the molecule is ICC1=CC2CCC1C2. The molecule has 1 saturated carbocycles. The first-order valence-corrected chi connectivity index (χ1v) is 5.19. The third kappa shape index (κ3) is 0.935. The zero-order valence-electron chi connectivity index (χ0n) is 5.44. The van der Waals surface area contributed by atoms with Gasteiger partial charge in [-0.3, -0.25) is 0 Å².